The van der Waals surface area contributed by atoms with E-state index in [1.807, 2.05) is 0 Å². The number of hydrogen-bond donors (Lipinski definition) is 1. The highest BCUT2D eigenvalue weighted by Crippen LogP contribution is 2.17. The second-order valence-corrected chi connectivity index (χ2v) is 2.82. The third kappa shape index (κ3) is 1.63. The molecule has 0 radical (unpaired) electrons. The maximum absolute atomic E-state index is 12.2. The number of aromatic carboxylic acids is 1. The molecule has 0 saturated heterocycles. The van der Waals surface area contributed by atoms with E-state index in [4.69, 9.17) is 5.11 Å². The van der Waals surface area contributed by atoms with Gasteiger partial charge in [-0.3, -0.25) is 0 Å². The number of hydrogen-bond acceptors (Lipinski definition) is 3. The summed E-state index contributed by atoms with van der Waals surface area (Å²) in [5.41, 5.74) is -0.341. The van der Waals surface area contributed by atoms with Crippen molar-refractivity contribution in [3.63, 3.8) is 0 Å². The van der Waals surface area contributed by atoms with Crippen LogP contribution < -0.4 is 0 Å². The van der Waals surface area contributed by atoms with E-state index in [1.165, 1.54) is 0 Å². The minimum absolute atomic E-state index is 0.105. The Labute approximate surface area is 82.0 Å². The van der Waals surface area contributed by atoms with Crippen molar-refractivity contribution in [1.29, 1.82) is 0 Å². The first kappa shape index (κ1) is 9.50. The molecule has 1 N–H and O–H groups in total. The average molecular weight is 213 g/mol. The SMILES string of the molecule is O=C(O)c1cnc2cc(C(F)F)nn2c1. The molecule has 0 aliphatic carbocycles. The molecule has 0 bridgehead atoms. The molecule has 0 atom stereocenters. The number of fused-ring (bicyclic) bond motifs is 1. The lowest BCUT2D eigenvalue weighted by atomic mass is 10.3. The van der Waals surface area contributed by atoms with E-state index >= 15 is 0 Å². The molecule has 2 rings (SSSR count). The van der Waals surface area contributed by atoms with Crippen LogP contribution >= 0.6 is 0 Å². The van der Waals surface area contributed by atoms with Gasteiger partial charge in [0.25, 0.3) is 6.43 Å². The van der Waals surface area contributed by atoms with Gasteiger partial charge < -0.3 is 5.11 Å². The molecule has 5 nitrogen and oxygen atoms in total. The number of nitrogens with zero attached hydrogens (tertiary/aromatic N) is 3. The van der Waals surface area contributed by atoms with E-state index in [9.17, 15) is 13.6 Å². The zero-order chi connectivity index (χ0) is 11.0. The zero-order valence-electron chi connectivity index (χ0n) is 7.26. The molecule has 0 unspecified atom stereocenters. The number of carboxylic acids is 1. The molecule has 0 fully saturated rings. The van der Waals surface area contributed by atoms with Gasteiger partial charge in [0, 0.05) is 18.5 Å². The monoisotopic (exact) mass is 213 g/mol. The van der Waals surface area contributed by atoms with Crippen LogP contribution in [0.4, 0.5) is 8.78 Å². The Kier molecular flexibility index (Phi) is 2.07. The Hall–Kier alpha value is -2.05. The molecular formula is C8H5F2N3O2. The molecular weight excluding hydrogens is 208 g/mol. The Morgan fingerprint density at radius 3 is 2.87 bits per heavy atom. The molecule has 0 aromatic carbocycles. The van der Waals surface area contributed by atoms with Gasteiger partial charge in [0.1, 0.15) is 5.69 Å². The summed E-state index contributed by atoms with van der Waals surface area (Å²) in [5, 5.41) is 12.1. The number of halogens is 2. The minimum Gasteiger partial charge on any atom is -0.478 e. The first-order valence-electron chi connectivity index (χ1n) is 3.94. The van der Waals surface area contributed by atoms with Gasteiger partial charge in [0.15, 0.2) is 5.65 Å². The predicted molar refractivity (Wildman–Crippen MR) is 44.9 cm³/mol. The third-order valence-electron chi connectivity index (χ3n) is 1.80. The summed E-state index contributed by atoms with van der Waals surface area (Å²) < 4.78 is 25.5. The smallest absolute Gasteiger partial charge is 0.338 e. The molecule has 15 heavy (non-hydrogen) atoms. The fourth-order valence-electron chi connectivity index (χ4n) is 1.11. The topological polar surface area (TPSA) is 67.5 Å². The second kappa shape index (κ2) is 3.26. The quantitative estimate of drug-likeness (QED) is 0.817. The summed E-state index contributed by atoms with van der Waals surface area (Å²) in [7, 11) is 0. The van der Waals surface area contributed by atoms with Crippen molar-refractivity contribution >= 4 is 11.6 Å². The van der Waals surface area contributed by atoms with Crippen LogP contribution in [-0.2, 0) is 0 Å². The fourth-order valence-corrected chi connectivity index (χ4v) is 1.11. The van der Waals surface area contributed by atoms with Crippen LogP contribution in [0.5, 0.6) is 0 Å². The van der Waals surface area contributed by atoms with Crippen LogP contribution in [0.1, 0.15) is 22.5 Å². The van der Waals surface area contributed by atoms with Crippen molar-refractivity contribution in [2.24, 2.45) is 0 Å². The van der Waals surface area contributed by atoms with Crippen LogP contribution in [0.25, 0.3) is 5.65 Å². The Morgan fingerprint density at radius 1 is 1.53 bits per heavy atom. The van der Waals surface area contributed by atoms with E-state index in [0.717, 1.165) is 23.0 Å². The zero-order valence-corrected chi connectivity index (χ0v) is 7.26. The van der Waals surface area contributed by atoms with Crippen molar-refractivity contribution in [3.05, 3.63) is 29.7 Å². The van der Waals surface area contributed by atoms with E-state index in [2.05, 4.69) is 10.1 Å². The summed E-state index contributed by atoms with van der Waals surface area (Å²) in [6.07, 6.45) is -0.467. The van der Waals surface area contributed by atoms with Gasteiger partial charge in [-0.05, 0) is 0 Å². The highest BCUT2D eigenvalue weighted by molar-refractivity contribution is 5.87. The van der Waals surface area contributed by atoms with Crippen molar-refractivity contribution in [2.45, 2.75) is 6.43 Å². The molecule has 7 heteroatoms. The molecule has 2 heterocycles. The van der Waals surface area contributed by atoms with Crippen LogP contribution in [0.2, 0.25) is 0 Å². The standard InChI is InChI=1S/C8H5F2N3O2/c9-7(10)5-1-6-11-2-4(8(14)15)3-13(6)12-5/h1-3,7H,(H,14,15). The van der Waals surface area contributed by atoms with Gasteiger partial charge in [-0.25, -0.2) is 23.1 Å². The summed E-state index contributed by atoms with van der Waals surface area (Å²) in [6.45, 7) is 0. The maximum Gasteiger partial charge on any atom is 0.338 e. The van der Waals surface area contributed by atoms with Gasteiger partial charge in [0.05, 0.1) is 5.56 Å². The van der Waals surface area contributed by atoms with Crippen LogP contribution in [0.15, 0.2) is 18.5 Å². The number of aromatic nitrogens is 3. The number of rotatable bonds is 2. The fraction of sp³-hybridized carbons (Fsp3) is 0.125. The lowest BCUT2D eigenvalue weighted by Gasteiger charge is -1.94. The Bertz CT molecular complexity index is 524. The van der Waals surface area contributed by atoms with E-state index in [-0.39, 0.29) is 11.2 Å². The average Bonchev–Trinajstić information content (AvgIpc) is 2.59. The summed E-state index contributed by atoms with van der Waals surface area (Å²) in [5.74, 6) is -1.18. The molecule has 78 valence electrons. The molecule has 2 aromatic heterocycles. The molecule has 2 aromatic rings. The predicted octanol–water partition coefficient (Wildman–Crippen LogP) is 1.37. The first-order chi connectivity index (χ1) is 7.08. The van der Waals surface area contributed by atoms with Crippen LogP contribution in [-0.4, -0.2) is 25.7 Å². The van der Waals surface area contributed by atoms with E-state index < -0.39 is 18.1 Å². The number of carboxylic acid groups (broad SMARTS) is 1. The highest BCUT2D eigenvalue weighted by atomic mass is 19.3. The van der Waals surface area contributed by atoms with Gasteiger partial charge in [0.2, 0.25) is 0 Å². The molecule has 0 saturated carbocycles. The molecule has 0 spiro atoms. The lowest BCUT2D eigenvalue weighted by molar-refractivity contribution is 0.0695. The van der Waals surface area contributed by atoms with Gasteiger partial charge in [-0.15, -0.1) is 0 Å². The normalized spacial score (nSPS) is 11.1. The summed E-state index contributed by atoms with van der Waals surface area (Å²) >= 11 is 0. The maximum atomic E-state index is 12.2. The largest absolute Gasteiger partial charge is 0.478 e. The van der Waals surface area contributed by atoms with Crippen molar-refractivity contribution in [3.8, 4) is 0 Å². The van der Waals surface area contributed by atoms with Gasteiger partial charge in [-0.1, -0.05) is 0 Å². The van der Waals surface area contributed by atoms with Crippen molar-refractivity contribution in [2.75, 3.05) is 0 Å². The van der Waals surface area contributed by atoms with Gasteiger partial charge in [-0.2, -0.15) is 5.10 Å². The van der Waals surface area contributed by atoms with E-state index in [1.54, 1.807) is 0 Å². The Morgan fingerprint density at radius 2 is 2.27 bits per heavy atom. The second-order valence-electron chi connectivity index (χ2n) is 2.82. The highest BCUT2D eigenvalue weighted by Gasteiger charge is 2.13. The van der Waals surface area contributed by atoms with E-state index in [0.29, 0.717) is 0 Å². The van der Waals surface area contributed by atoms with Gasteiger partial charge >= 0.3 is 5.97 Å². The van der Waals surface area contributed by atoms with Crippen molar-refractivity contribution in [1.82, 2.24) is 14.6 Å². The summed E-state index contributed by atoms with van der Waals surface area (Å²) in [6, 6.07) is 1.11. The Balaban J connectivity index is 2.57. The number of alkyl halides is 2. The molecule has 0 amide bonds. The number of carbonyl (C=O) groups is 1. The lowest BCUT2D eigenvalue weighted by Crippen LogP contribution is -2.01. The minimum atomic E-state index is -2.69. The summed E-state index contributed by atoms with van der Waals surface area (Å²) in [4.78, 5) is 14.2. The van der Waals surface area contributed by atoms with Crippen LogP contribution in [0.3, 0.4) is 0 Å². The molecule has 0 aliphatic heterocycles. The molecule has 0 aliphatic rings. The first-order valence-corrected chi connectivity index (χ1v) is 3.94. The third-order valence-corrected chi connectivity index (χ3v) is 1.80. The van der Waals surface area contributed by atoms with Crippen molar-refractivity contribution < 1.29 is 18.7 Å². The van der Waals surface area contributed by atoms with Crippen LogP contribution in [0, 0.1) is 0 Å².